The average Bonchev–Trinajstić information content (AvgIpc) is 3.30. The van der Waals surface area contributed by atoms with Crippen molar-refractivity contribution in [3.05, 3.63) is 48.1 Å². The van der Waals surface area contributed by atoms with E-state index in [4.69, 9.17) is 9.26 Å². The van der Waals surface area contributed by atoms with Crippen LogP contribution in [0.25, 0.3) is 11.4 Å². The van der Waals surface area contributed by atoms with E-state index in [0.717, 1.165) is 17.0 Å². The maximum absolute atomic E-state index is 15.4. The molecule has 0 spiro atoms. The largest absolute Gasteiger partial charge is 0.497 e. The van der Waals surface area contributed by atoms with Gasteiger partial charge in [-0.15, -0.1) is 0 Å². The maximum atomic E-state index is 15.4. The molecule has 26 heavy (non-hydrogen) atoms. The molecule has 1 atom stereocenters. The molecule has 4 rings (SSSR count). The molecule has 1 aromatic carbocycles. The number of nitrogens with zero attached hydrogens (tertiary/aromatic N) is 5. The van der Waals surface area contributed by atoms with Crippen molar-refractivity contribution in [1.82, 2.24) is 20.1 Å². The van der Waals surface area contributed by atoms with E-state index in [2.05, 4.69) is 20.1 Å². The van der Waals surface area contributed by atoms with Gasteiger partial charge in [-0.2, -0.15) is 4.98 Å². The zero-order valence-corrected chi connectivity index (χ0v) is 14.5. The summed E-state index contributed by atoms with van der Waals surface area (Å²) in [6, 6.07) is 9.01. The van der Waals surface area contributed by atoms with Crippen molar-refractivity contribution in [2.75, 3.05) is 25.1 Å². The van der Waals surface area contributed by atoms with Crippen LogP contribution in [0.1, 0.15) is 18.0 Å². The first kappa shape index (κ1) is 16.4. The Morgan fingerprint density at radius 3 is 2.73 bits per heavy atom. The third-order valence-electron chi connectivity index (χ3n) is 4.44. The van der Waals surface area contributed by atoms with E-state index in [-0.39, 0.29) is 18.9 Å². The van der Waals surface area contributed by atoms with Gasteiger partial charge in [0.1, 0.15) is 5.75 Å². The van der Waals surface area contributed by atoms with Gasteiger partial charge >= 0.3 is 0 Å². The molecule has 8 heteroatoms. The highest BCUT2D eigenvalue weighted by molar-refractivity contribution is 5.55. The molecule has 7 nitrogen and oxygen atoms in total. The van der Waals surface area contributed by atoms with Crippen molar-refractivity contribution < 1.29 is 13.7 Å². The third-order valence-corrected chi connectivity index (χ3v) is 4.44. The predicted molar refractivity (Wildman–Crippen MR) is 92.7 cm³/mol. The first-order valence-electron chi connectivity index (χ1n) is 8.29. The van der Waals surface area contributed by atoms with Crippen molar-refractivity contribution >= 4 is 5.95 Å². The molecule has 2 aromatic heterocycles. The molecule has 0 N–H and O–H groups in total. The fraction of sp³-hybridized carbons (Fsp3) is 0.333. The molecule has 1 aliphatic rings. The Bertz CT molecular complexity index is 914. The van der Waals surface area contributed by atoms with Crippen molar-refractivity contribution in [2.45, 2.75) is 19.0 Å². The van der Waals surface area contributed by atoms with Crippen LogP contribution in [-0.2, 0) is 5.67 Å². The monoisotopic (exact) mass is 355 g/mol. The number of ether oxygens (including phenoxy) is 1. The van der Waals surface area contributed by atoms with Crippen LogP contribution in [0.5, 0.6) is 5.75 Å². The number of anilines is 1. The summed E-state index contributed by atoms with van der Waals surface area (Å²) < 4.78 is 25.8. The number of benzene rings is 1. The smallest absolute Gasteiger partial charge is 0.266 e. The van der Waals surface area contributed by atoms with Crippen LogP contribution in [0.15, 0.2) is 41.1 Å². The van der Waals surface area contributed by atoms with E-state index in [1.54, 1.807) is 48.5 Å². The number of halogens is 1. The van der Waals surface area contributed by atoms with Gasteiger partial charge in [-0.25, -0.2) is 14.4 Å². The summed E-state index contributed by atoms with van der Waals surface area (Å²) in [7, 11) is 1.60. The van der Waals surface area contributed by atoms with Crippen molar-refractivity contribution in [2.24, 2.45) is 0 Å². The molecule has 1 unspecified atom stereocenters. The molecule has 0 saturated carbocycles. The first-order valence-corrected chi connectivity index (χ1v) is 8.29. The van der Waals surface area contributed by atoms with Gasteiger partial charge in [0.05, 0.1) is 13.7 Å². The normalized spacial score (nSPS) is 19.7. The summed E-state index contributed by atoms with van der Waals surface area (Å²) in [5.74, 6) is 1.58. The molecule has 1 saturated heterocycles. The Morgan fingerprint density at radius 1 is 1.19 bits per heavy atom. The SMILES string of the molecule is COc1ccc(-c2noc(C3(F)CCN(c4nccc(C)n4)C3)n2)cc1. The number of hydrogen-bond acceptors (Lipinski definition) is 7. The van der Waals surface area contributed by atoms with Gasteiger partial charge in [-0.05, 0) is 37.3 Å². The van der Waals surface area contributed by atoms with Crippen molar-refractivity contribution in [1.29, 1.82) is 0 Å². The molecule has 0 radical (unpaired) electrons. The Kier molecular flexibility index (Phi) is 4.02. The topological polar surface area (TPSA) is 77.2 Å². The number of aromatic nitrogens is 4. The maximum Gasteiger partial charge on any atom is 0.266 e. The molecule has 3 aromatic rings. The summed E-state index contributed by atoms with van der Waals surface area (Å²) in [6.45, 7) is 2.45. The van der Waals surface area contributed by atoms with Crippen LogP contribution in [0.2, 0.25) is 0 Å². The lowest BCUT2D eigenvalue weighted by Crippen LogP contribution is -2.28. The van der Waals surface area contributed by atoms with Crippen LogP contribution in [0, 0.1) is 6.92 Å². The van der Waals surface area contributed by atoms with E-state index in [0.29, 0.717) is 18.3 Å². The lowest BCUT2D eigenvalue weighted by molar-refractivity contribution is 0.136. The van der Waals surface area contributed by atoms with Crippen LogP contribution in [0.4, 0.5) is 10.3 Å². The van der Waals surface area contributed by atoms with E-state index >= 15 is 4.39 Å². The van der Waals surface area contributed by atoms with Gasteiger partial charge in [0.2, 0.25) is 17.4 Å². The summed E-state index contributed by atoms with van der Waals surface area (Å²) >= 11 is 0. The quantitative estimate of drug-likeness (QED) is 0.712. The van der Waals surface area contributed by atoms with Gasteiger partial charge in [-0.1, -0.05) is 5.16 Å². The second-order valence-electron chi connectivity index (χ2n) is 6.29. The van der Waals surface area contributed by atoms with Crippen LogP contribution in [-0.4, -0.2) is 40.3 Å². The number of alkyl halides is 1. The van der Waals surface area contributed by atoms with Crippen molar-refractivity contribution in [3.8, 4) is 17.1 Å². The highest BCUT2D eigenvalue weighted by Crippen LogP contribution is 2.37. The minimum atomic E-state index is -1.72. The van der Waals surface area contributed by atoms with Crippen LogP contribution < -0.4 is 9.64 Å². The molecular weight excluding hydrogens is 337 g/mol. The molecule has 0 aliphatic carbocycles. The second kappa shape index (κ2) is 6.36. The molecule has 134 valence electrons. The zero-order chi connectivity index (χ0) is 18.1. The second-order valence-corrected chi connectivity index (χ2v) is 6.29. The van der Waals surface area contributed by atoms with Gasteiger partial charge in [0, 0.05) is 30.4 Å². The fourth-order valence-electron chi connectivity index (χ4n) is 2.97. The van der Waals surface area contributed by atoms with Gasteiger partial charge in [0.25, 0.3) is 5.89 Å². The van der Waals surface area contributed by atoms with Gasteiger partial charge in [0.15, 0.2) is 0 Å². The average molecular weight is 355 g/mol. The molecule has 3 heterocycles. The standard InChI is InChI=1S/C18H18FN5O2/c1-12-7-9-20-17(21-12)24-10-8-18(19,11-24)16-22-15(23-26-16)13-3-5-14(25-2)6-4-13/h3-7,9H,8,10-11H2,1-2H3. The third kappa shape index (κ3) is 2.98. The Balaban J connectivity index is 1.55. The van der Waals surface area contributed by atoms with Gasteiger partial charge in [-0.3, -0.25) is 0 Å². The predicted octanol–water partition coefficient (Wildman–Crippen LogP) is 2.92. The minimum absolute atomic E-state index is 0.0153. The van der Waals surface area contributed by atoms with Gasteiger partial charge < -0.3 is 14.2 Å². The molecular formula is C18H18FN5O2. The summed E-state index contributed by atoms with van der Waals surface area (Å²) in [4.78, 5) is 14.6. The Morgan fingerprint density at radius 2 is 2.00 bits per heavy atom. The minimum Gasteiger partial charge on any atom is -0.497 e. The van der Waals surface area contributed by atoms with E-state index < -0.39 is 5.67 Å². The molecule has 0 amide bonds. The number of aryl methyl sites for hydroxylation is 1. The highest BCUT2D eigenvalue weighted by atomic mass is 19.1. The molecule has 1 fully saturated rings. The molecule has 1 aliphatic heterocycles. The lowest BCUT2D eigenvalue weighted by Gasteiger charge is -2.17. The van der Waals surface area contributed by atoms with Crippen LogP contribution >= 0.6 is 0 Å². The number of hydrogen-bond donors (Lipinski definition) is 0. The zero-order valence-electron chi connectivity index (χ0n) is 14.5. The highest BCUT2D eigenvalue weighted by Gasteiger charge is 2.45. The Hall–Kier alpha value is -3.03. The molecule has 0 bridgehead atoms. The number of methoxy groups -OCH3 is 1. The van der Waals surface area contributed by atoms with E-state index in [9.17, 15) is 0 Å². The van der Waals surface area contributed by atoms with Crippen LogP contribution in [0.3, 0.4) is 0 Å². The van der Waals surface area contributed by atoms with Crippen molar-refractivity contribution in [3.63, 3.8) is 0 Å². The number of rotatable bonds is 4. The fourth-order valence-corrected chi connectivity index (χ4v) is 2.97. The summed E-state index contributed by atoms with van der Waals surface area (Å²) in [6.07, 6.45) is 1.92. The summed E-state index contributed by atoms with van der Waals surface area (Å²) in [5.41, 5.74) is -0.141. The van der Waals surface area contributed by atoms with E-state index in [1.165, 1.54) is 0 Å². The van der Waals surface area contributed by atoms with E-state index in [1.807, 2.05) is 6.92 Å². The lowest BCUT2D eigenvalue weighted by atomic mass is 10.1. The summed E-state index contributed by atoms with van der Waals surface area (Å²) in [5, 5.41) is 3.93. The Labute approximate surface area is 149 Å². The first-order chi connectivity index (χ1) is 12.6.